The van der Waals surface area contributed by atoms with Crippen molar-refractivity contribution in [3.05, 3.63) is 60.4 Å². The third-order valence-electron chi connectivity index (χ3n) is 3.69. The quantitative estimate of drug-likeness (QED) is 0.811. The molecule has 0 saturated heterocycles. The Labute approximate surface area is 135 Å². The molecule has 0 spiro atoms. The summed E-state index contributed by atoms with van der Waals surface area (Å²) in [7, 11) is 0. The van der Waals surface area contributed by atoms with E-state index in [1.807, 2.05) is 56.3 Å². The number of amidine groups is 1. The molecule has 1 aliphatic rings. The standard InChI is InChI=1S/C17H20N6/c1-12(2)17(18)22-15(13-6-4-3-5-7-13)21-16(23-17)20-14-8-10-19-11-9-14/h3-12H,18H2,1-2H3,(H2,19,20,21,22,23). The summed E-state index contributed by atoms with van der Waals surface area (Å²) in [6.45, 7) is 4.04. The van der Waals surface area contributed by atoms with Crippen molar-refractivity contribution in [2.24, 2.45) is 21.6 Å². The lowest BCUT2D eigenvalue weighted by Gasteiger charge is -2.35. The third kappa shape index (κ3) is 3.37. The largest absolute Gasteiger partial charge is 0.333 e. The van der Waals surface area contributed by atoms with Crippen LogP contribution in [-0.2, 0) is 0 Å². The molecule has 118 valence electrons. The van der Waals surface area contributed by atoms with Gasteiger partial charge in [-0.05, 0) is 12.1 Å². The van der Waals surface area contributed by atoms with Crippen molar-refractivity contribution < 1.29 is 0 Å². The molecule has 2 heterocycles. The fraction of sp³-hybridized carbons (Fsp3) is 0.235. The Morgan fingerprint density at radius 2 is 1.78 bits per heavy atom. The topological polar surface area (TPSA) is 87.7 Å². The Morgan fingerprint density at radius 3 is 2.43 bits per heavy atom. The van der Waals surface area contributed by atoms with Gasteiger partial charge in [-0.25, -0.2) is 4.99 Å². The summed E-state index contributed by atoms with van der Waals surface area (Å²) in [5, 5.41) is 6.44. The van der Waals surface area contributed by atoms with Crippen molar-refractivity contribution in [3.8, 4) is 0 Å². The van der Waals surface area contributed by atoms with Gasteiger partial charge in [-0.3, -0.25) is 10.7 Å². The van der Waals surface area contributed by atoms with Crippen LogP contribution in [-0.4, -0.2) is 22.6 Å². The predicted octanol–water partition coefficient (Wildman–Crippen LogP) is 2.17. The summed E-state index contributed by atoms with van der Waals surface area (Å²) in [6, 6.07) is 13.6. The number of anilines is 1. The highest BCUT2D eigenvalue weighted by molar-refractivity contribution is 6.10. The van der Waals surface area contributed by atoms with Crippen molar-refractivity contribution in [2.75, 3.05) is 5.32 Å². The van der Waals surface area contributed by atoms with Gasteiger partial charge in [0.1, 0.15) is 5.84 Å². The maximum Gasteiger partial charge on any atom is 0.228 e. The highest BCUT2D eigenvalue weighted by Crippen LogP contribution is 2.19. The monoisotopic (exact) mass is 308 g/mol. The molecule has 1 unspecified atom stereocenters. The van der Waals surface area contributed by atoms with Crippen molar-refractivity contribution >= 4 is 17.5 Å². The number of aromatic nitrogens is 1. The van der Waals surface area contributed by atoms with Gasteiger partial charge in [-0.1, -0.05) is 44.2 Å². The lowest BCUT2D eigenvalue weighted by Crippen LogP contribution is -2.61. The third-order valence-corrected chi connectivity index (χ3v) is 3.69. The Kier molecular flexibility index (Phi) is 4.08. The fourth-order valence-electron chi connectivity index (χ4n) is 2.18. The first-order valence-electron chi connectivity index (χ1n) is 7.55. The summed E-state index contributed by atoms with van der Waals surface area (Å²) >= 11 is 0. The first kappa shape index (κ1) is 15.2. The number of pyridine rings is 1. The average molecular weight is 308 g/mol. The smallest absolute Gasteiger partial charge is 0.228 e. The van der Waals surface area contributed by atoms with E-state index in [9.17, 15) is 0 Å². The molecule has 3 rings (SSSR count). The van der Waals surface area contributed by atoms with Gasteiger partial charge in [-0.15, -0.1) is 0 Å². The van der Waals surface area contributed by atoms with Crippen molar-refractivity contribution in [1.29, 1.82) is 0 Å². The molecule has 6 heteroatoms. The summed E-state index contributed by atoms with van der Waals surface area (Å²) in [5.74, 6) is 0.353. The lowest BCUT2D eigenvalue weighted by atomic mass is 10.0. The first-order valence-corrected chi connectivity index (χ1v) is 7.55. The van der Waals surface area contributed by atoms with Gasteiger partial charge < -0.3 is 10.6 Å². The van der Waals surface area contributed by atoms with Gasteiger partial charge in [0.2, 0.25) is 5.96 Å². The minimum atomic E-state index is -0.914. The van der Waals surface area contributed by atoms with Crippen LogP contribution in [0.2, 0.25) is 0 Å². The number of aliphatic imine (C=N–C) groups is 2. The number of benzene rings is 1. The Morgan fingerprint density at radius 1 is 1.09 bits per heavy atom. The summed E-state index contributed by atoms with van der Waals surface area (Å²) in [6.07, 6.45) is 3.42. The Bertz CT molecular complexity index is 723. The van der Waals surface area contributed by atoms with E-state index in [2.05, 4.69) is 25.6 Å². The molecule has 6 nitrogen and oxygen atoms in total. The molecular formula is C17H20N6. The van der Waals surface area contributed by atoms with E-state index in [1.165, 1.54) is 0 Å². The molecule has 0 amide bonds. The van der Waals surface area contributed by atoms with Gasteiger partial charge in [0, 0.05) is 29.6 Å². The van der Waals surface area contributed by atoms with Crippen LogP contribution < -0.4 is 16.4 Å². The van der Waals surface area contributed by atoms with Crippen LogP contribution in [0, 0.1) is 5.92 Å². The molecule has 1 atom stereocenters. The lowest BCUT2D eigenvalue weighted by molar-refractivity contribution is 0.295. The number of nitrogens with one attached hydrogen (secondary N) is 2. The van der Waals surface area contributed by atoms with Crippen molar-refractivity contribution in [1.82, 2.24) is 10.3 Å². The molecule has 0 saturated carbocycles. The van der Waals surface area contributed by atoms with E-state index in [0.717, 1.165) is 11.3 Å². The molecule has 1 aliphatic heterocycles. The molecule has 1 aromatic carbocycles. The first-order chi connectivity index (χ1) is 11.1. The van der Waals surface area contributed by atoms with E-state index >= 15 is 0 Å². The van der Waals surface area contributed by atoms with Crippen LogP contribution in [0.3, 0.4) is 0 Å². The zero-order chi connectivity index (χ0) is 16.3. The summed E-state index contributed by atoms with van der Waals surface area (Å²) in [5.41, 5.74) is 8.27. The number of rotatable bonds is 3. The van der Waals surface area contributed by atoms with Gasteiger partial charge in [-0.2, -0.15) is 4.99 Å². The number of guanidine groups is 1. The van der Waals surface area contributed by atoms with E-state index in [-0.39, 0.29) is 5.92 Å². The summed E-state index contributed by atoms with van der Waals surface area (Å²) < 4.78 is 0. The molecule has 4 N–H and O–H groups in total. The number of nitrogens with zero attached hydrogens (tertiary/aromatic N) is 3. The molecule has 23 heavy (non-hydrogen) atoms. The van der Waals surface area contributed by atoms with Gasteiger partial charge in [0.05, 0.1) is 0 Å². The van der Waals surface area contributed by atoms with E-state index in [4.69, 9.17) is 5.73 Å². The van der Waals surface area contributed by atoms with Crippen LogP contribution in [0.1, 0.15) is 19.4 Å². The highest BCUT2D eigenvalue weighted by Gasteiger charge is 2.33. The zero-order valence-corrected chi connectivity index (χ0v) is 13.2. The van der Waals surface area contributed by atoms with Crippen LogP contribution in [0.5, 0.6) is 0 Å². The Hall–Kier alpha value is -2.73. The molecule has 0 aliphatic carbocycles. The van der Waals surface area contributed by atoms with Gasteiger partial charge in [0.25, 0.3) is 0 Å². The second-order valence-electron chi connectivity index (χ2n) is 5.73. The average Bonchev–Trinajstić information content (AvgIpc) is 2.56. The minimum absolute atomic E-state index is 0.0888. The number of hydrogen-bond donors (Lipinski definition) is 3. The van der Waals surface area contributed by atoms with Crippen molar-refractivity contribution in [2.45, 2.75) is 19.6 Å². The molecular weight excluding hydrogens is 288 g/mol. The van der Waals surface area contributed by atoms with Gasteiger partial charge in [0.15, 0.2) is 5.79 Å². The minimum Gasteiger partial charge on any atom is -0.333 e. The number of hydrogen-bond acceptors (Lipinski definition) is 6. The maximum absolute atomic E-state index is 6.44. The summed E-state index contributed by atoms with van der Waals surface area (Å²) in [4.78, 5) is 13.1. The van der Waals surface area contributed by atoms with Crippen LogP contribution in [0.25, 0.3) is 0 Å². The van der Waals surface area contributed by atoms with Crippen LogP contribution in [0.4, 0.5) is 5.69 Å². The Balaban J connectivity index is 1.97. The molecule has 0 radical (unpaired) electrons. The molecule has 0 fully saturated rings. The molecule has 0 bridgehead atoms. The van der Waals surface area contributed by atoms with Gasteiger partial charge >= 0.3 is 0 Å². The van der Waals surface area contributed by atoms with E-state index in [1.54, 1.807) is 12.4 Å². The maximum atomic E-state index is 6.44. The van der Waals surface area contributed by atoms with E-state index < -0.39 is 5.79 Å². The predicted molar refractivity (Wildman–Crippen MR) is 93.2 cm³/mol. The van der Waals surface area contributed by atoms with Crippen LogP contribution in [0.15, 0.2) is 64.8 Å². The second kappa shape index (κ2) is 6.18. The van der Waals surface area contributed by atoms with E-state index in [0.29, 0.717) is 11.8 Å². The highest BCUT2D eigenvalue weighted by atomic mass is 15.4. The number of nitrogens with two attached hydrogens (primary N) is 1. The second-order valence-corrected chi connectivity index (χ2v) is 5.73. The SMILES string of the molecule is CC(C)C1(N)N=C(Nc2ccncc2)N=C(c2ccccc2)N1. The molecule has 2 aromatic rings. The fourth-order valence-corrected chi connectivity index (χ4v) is 2.18. The molecule has 1 aromatic heterocycles. The zero-order valence-electron chi connectivity index (χ0n) is 13.2. The van der Waals surface area contributed by atoms with Crippen LogP contribution >= 0.6 is 0 Å². The normalized spacial score (nSPS) is 20.5. The van der Waals surface area contributed by atoms with Crippen molar-refractivity contribution in [3.63, 3.8) is 0 Å².